The quantitative estimate of drug-likeness (QED) is 0.824. The molecule has 2 heterocycles. The van der Waals surface area contributed by atoms with Crippen LogP contribution in [-0.4, -0.2) is 49.6 Å². The standard InChI is InChI=1S/C20H25N5O2S/c1-20(2,3)19(27)25-11-28-10-15(25)18(26)21-14-8-6-13(7-9-14)17-22-16(23-24-17)12-4-5-12/h6-9,12,15H,4-5,10-11H2,1-3H3,(H,21,26)(H,22,23,24). The third kappa shape index (κ3) is 3.92. The van der Waals surface area contributed by atoms with E-state index in [4.69, 9.17) is 0 Å². The lowest BCUT2D eigenvalue weighted by Gasteiger charge is -2.29. The lowest BCUT2D eigenvalue weighted by molar-refractivity contribution is -0.143. The fraction of sp³-hybridized carbons (Fsp3) is 0.500. The molecule has 2 amide bonds. The van der Waals surface area contributed by atoms with E-state index in [2.05, 4.69) is 20.5 Å². The summed E-state index contributed by atoms with van der Waals surface area (Å²) in [6, 6.07) is 7.05. The van der Waals surface area contributed by atoms with E-state index in [-0.39, 0.29) is 11.8 Å². The van der Waals surface area contributed by atoms with Crippen molar-refractivity contribution in [1.82, 2.24) is 20.1 Å². The molecule has 0 spiro atoms. The number of carbonyl (C=O) groups is 2. The molecule has 1 aliphatic carbocycles. The molecule has 1 aromatic heterocycles. The Balaban J connectivity index is 1.42. The van der Waals surface area contributed by atoms with E-state index in [1.165, 1.54) is 12.8 Å². The molecule has 8 heteroatoms. The summed E-state index contributed by atoms with van der Waals surface area (Å²) in [5, 5.41) is 10.2. The Morgan fingerprint density at radius 1 is 1.21 bits per heavy atom. The number of H-pyrrole nitrogens is 1. The van der Waals surface area contributed by atoms with Crippen LogP contribution in [0.2, 0.25) is 0 Å². The SMILES string of the molecule is CC(C)(C)C(=O)N1CSCC1C(=O)Nc1ccc(-c2n[nH]c(C3CC3)n2)cc1. The highest BCUT2D eigenvalue weighted by Gasteiger charge is 2.39. The van der Waals surface area contributed by atoms with Gasteiger partial charge < -0.3 is 10.2 Å². The number of amides is 2. The van der Waals surface area contributed by atoms with E-state index in [9.17, 15) is 9.59 Å². The molecular formula is C20H25N5O2S. The van der Waals surface area contributed by atoms with Gasteiger partial charge in [-0.25, -0.2) is 4.98 Å². The van der Waals surface area contributed by atoms with Gasteiger partial charge in [-0.2, -0.15) is 5.10 Å². The van der Waals surface area contributed by atoms with E-state index in [0.29, 0.717) is 29.1 Å². The highest BCUT2D eigenvalue weighted by atomic mass is 32.2. The number of aromatic nitrogens is 3. The third-order valence-electron chi connectivity index (χ3n) is 4.96. The van der Waals surface area contributed by atoms with Gasteiger partial charge in [-0.05, 0) is 37.1 Å². The second kappa shape index (κ2) is 7.24. The zero-order chi connectivity index (χ0) is 19.9. The van der Waals surface area contributed by atoms with Crippen LogP contribution in [0.4, 0.5) is 5.69 Å². The van der Waals surface area contributed by atoms with Crippen molar-refractivity contribution in [2.45, 2.75) is 45.6 Å². The molecular weight excluding hydrogens is 374 g/mol. The van der Waals surface area contributed by atoms with Crippen molar-refractivity contribution < 1.29 is 9.59 Å². The fourth-order valence-corrected chi connectivity index (χ4v) is 4.32. The molecule has 2 fully saturated rings. The van der Waals surface area contributed by atoms with Crippen LogP contribution in [0.3, 0.4) is 0 Å². The van der Waals surface area contributed by atoms with Crippen molar-refractivity contribution in [3.63, 3.8) is 0 Å². The van der Waals surface area contributed by atoms with Gasteiger partial charge in [-0.15, -0.1) is 11.8 Å². The zero-order valence-electron chi connectivity index (χ0n) is 16.4. The molecule has 2 aliphatic rings. The van der Waals surface area contributed by atoms with E-state index in [1.54, 1.807) is 16.7 Å². The summed E-state index contributed by atoms with van der Waals surface area (Å²) in [5.41, 5.74) is 1.11. The minimum Gasteiger partial charge on any atom is -0.324 e. The summed E-state index contributed by atoms with van der Waals surface area (Å²) < 4.78 is 0. The first kappa shape index (κ1) is 19.0. The molecule has 0 radical (unpaired) electrons. The van der Waals surface area contributed by atoms with Crippen LogP contribution in [0.5, 0.6) is 0 Å². The van der Waals surface area contributed by atoms with Gasteiger partial charge in [-0.1, -0.05) is 20.8 Å². The van der Waals surface area contributed by atoms with E-state index in [0.717, 1.165) is 11.4 Å². The average Bonchev–Trinajstić information content (AvgIpc) is 3.19. The second-order valence-electron chi connectivity index (χ2n) is 8.43. The van der Waals surface area contributed by atoms with Crippen molar-refractivity contribution in [3.8, 4) is 11.4 Å². The maximum Gasteiger partial charge on any atom is 0.248 e. The molecule has 7 nitrogen and oxygen atoms in total. The molecule has 4 rings (SSSR count). The molecule has 1 aliphatic heterocycles. The Morgan fingerprint density at radius 3 is 2.57 bits per heavy atom. The zero-order valence-corrected chi connectivity index (χ0v) is 17.2. The summed E-state index contributed by atoms with van der Waals surface area (Å²) >= 11 is 1.61. The maximum absolute atomic E-state index is 12.7. The molecule has 1 saturated heterocycles. The van der Waals surface area contributed by atoms with Gasteiger partial charge in [0.25, 0.3) is 0 Å². The second-order valence-corrected chi connectivity index (χ2v) is 9.43. The first-order valence-corrected chi connectivity index (χ1v) is 10.7. The van der Waals surface area contributed by atoms with Crippen LogP contribution in [-0.2, 0) is 9.59 Å². The average molecular weight is 400 g/mol. The Kier molecular flexibility index (Phi) is 4.91. The predicted molar refractivity (Wildman–Crippen MR) is 110 cm³/mol. The monoisotopic (exact) mass is 399 g/mol. The first-order valence-electron chi connectivity index (χ1n) is 9.55. The molecule has 1 unspecified atom stereocenters. The van der Waals surface area contributed by atoms with Crippen molar-refractivity contribution >= 4 is 29.3 Å². The van der Waals surface area contributed by atoms with Gasteiger partial charge in [0.1, 0.15) is 11.9 Å². The van der Waals surface area contributed by atoms with Crippen LogP contribution in [0, 0.1) is 5.41 Å². The molecule has 2 aromatic rings. The number of nitrogens with one attached hydrogen (secondary N) is 2. The van der Waals surface area contributed by atoms with E-state index >= 15 is 0 Å². The topological polar surface area (TPSA) is 91.0 Å². The Morgan fingerprint density at radius 2 is 1.93 bits per heavy atom. The van der Waals surface area contributed by atoms with E-state index < -0.39 is 11.5 Å². The lowest BCUT2D eigenvalue weighted by Crippen LogP contribution is -2.48. The number of thioether (sulfide) groups is 1. The van der Waals surface area contributed by atoms with Crippen molar-refractivity contribution in [3.05, 3.63) is 30.1 Å². The number of benzene rings is 1. The highest BCUT2D eigenvalue weighted by Crippen LogP contribution is 2.38. The molecule has 148 valence electrons. The molecule has 0 bridgehead atoms. The molecule has 2 N–H and O–H groups in total. The van der Waals surface area contributed by atoms with Crippen LogP contribution >= 0.6 is 11.8 Å². The normalized spacial score (nSPS) is 19.7. The number of nitrogens with zero attached hydrogens (tertiary/aromatic N) is 3. The third-order valence-corrected chi connectivity index (χ3v) is 5.98. The number of carbonyl (C=O) groups excluding carboxylic acids is 2. The minimum absolute atomic E-state index is 0.00377. The Hall–Kier alpha value is -2.35. The molecule has 1 atom stereocenters. The maximum atomic E-state index is 12.7. The summed E-state index contributed by atoms with van der Waals surface area (Å²) in [4.78, 5) is 31.6. The highest BCUT2D eigenvalue weighted by molar-refractivity contribution is 7.99. The minimum atomic E-state index is -0.499. The number of anilines is 1. The summed E-state index contributed by atoms with van der Waals surface area (Å²) in [5.74, 6) is 3.19. The lowest BCUT2D eigenvalue weighted by atomic mass is 9.94. The van der Waals surface area contributed by atoms with Crippen molar-refractivity contribution in [2.24, 2.45) is 5.41 Å². The van der Waals surface area contributed by atoms with Crippen LogP contribution in [0.25, 0.3) is 11.4 Å². The summed E-state index contributed by atoms with van der Waals surface area (Å²) in [7, 11) is 0. The van der Waals surface area contributed by atoms with Gasteiger partial charge >= 0.3 is 0 Å². The largest absolute Gasteiger partial charge is 0.324 e. The number of rotatable bonds is 4. The summed E-state index contributed by atoms with van der Waals surface area (Å²) in [6.45, 7) is 5.64. The molecule has 1 saturated carbocycles. The van der Waals surface area contributed by atoms with Gasteiger partial charge in [0, 0.05) is 28.3 Å². The Labute approximate surface area is 168 Å². The van der Waals surface area contributed by atoms with E-state index in [1.807, 2.05) is 45.0 Å². The fourth-order valence-electron chi connectivity index (χ4n) is 3.16. The van der Waals surface area contributed by atoms with Crippen LogP contribution < -0.4 is 5.32 Å². The smallest absolute Gasteiger partial charge is 0.248 e. The van der Waals surface area contributed by atoms with Gasteiger partial charge in [0.05, 0.1) is 5.88 Å². The first-order chi connectivity index (χ1) is 13.3. The summed E-state index contributed by atoms with van der Waals surface area (Å²) in [6.07, 6.45) is 2.35. The Bertz CT molecular complexity index is 883. The van der Waals surface area contributed by atoms with Gasteiger partial charge in [0.15, 0.2) is 5.82 Å². The van der Waals surface area contributed by atoms with Crippen LogP contribution in [0.1, 0.15) is 45.4 Å². The van der Waals surface area contributed by atoms with Gasteiger partial charge in [0.2, 0.25) is 11.8 Å². The number of aromatic amines is 1. The number of hydrogen-bond acceptors (Lipinski definition) is 5. The number of hydrogen-bond donors (Lipinski definition) is 2. The molecule has 1 aromatic carbocycles. The van der Waals surface area contributed by atoms with Crippen LogP contribution in [0.15, 0.2) is 24.3 Å². The van der Waals surface area contributed by atoms with Gasteiger partial charge in [-0.3, -0.25) is 14.7 Å². The predicted octanol–water partition coefficient (Wildman–Crippen LogP) is 3.24. The van der Waals surface area contributed by atoms with Crippen molar-refractivity contribution in [1.29, 1.82) is 0 Å². The van der Waals surface area contributed by atoms with Crippen molar-refractivity contribution in [2.75, 3.05) is 16.9 Å². The molecule has 28 heavy (non-hydrogen) atoms.